The van der Waals surface area contributed by atoms with E-state index >= 15 is 0 Å². The molecule has 1 aromatic carbocycles. The second kappa shape index (κ2) is 9.48. The smallest absolute Gasteiger partial charge is 0.185 e. The molecule has 0 saturated carbocycles. The van der Waals surface area contributed by atoms with Crippen LogP contribution in [-0.2, 0) is 6.42 Å². The maximum absolute atomic E-state index is 11.7. The summed E-state index contributed by atoms with van der Waals surface area (Å²) in [5, 5.41) is 13.8. The van der Waals surface area contributed by atoms with Crippen LogP contribution in [0.25, 0.3) is 5.57 Å². The Bertz CT molecular complexity index is 898. The maximum Gasteiger partial charge on any atom is 0.185 e. The van der Waals surface area contributed by atoms with Crippen LogP contribution < -0.4 is 5.32 Å². The van der Waals surface area contributed by atoms with Crippen molar-refractivity contribution in [3.05, 3.63) is 72.2 Å². The van der Waals surface area contributed by atoms with Crippen molar-refractivity contribution < 1.29 is 9.90 Å². The van der Waals surface area contributed by atoms with Gasteiger partial charge in [-0.05, 0) is 43.5 Å². The molecule has 0 fully saturated rings. The average molecular weight is 363 g/mol. The monoisotopic (exact) mass is 363 g/mol. The lowest BCUT2D eigenvalue weighted by atomic mass is 10.0. The number of Topliss-reactive ketones (excluding diaryl/α,β-unsaturated/α-hetero) is 1. The lowest BCUT2D eigenvalue weighted by Crippen LogP contribution is -2.02. The largest absolute Gasteiger partial charge is 0.503 e. The van der Waals surface area contributed by atoms with Gasteiger partial charge < -0.3 is 10.4 Å². The number of aromatic nitrogens is 2. The quantitative estimate of drug-likeness (QED) is 0.496. The van der Waals surface area contributed by atoms with E-state index in [1.54, 1.807) is 31.2 Å². The molecule has 0 atom stereocenters. The number of benzene rings is 1. The molecule has 0 spiro atoms. The van der Waals surface area contributed by atoms with E-state index in [1.165, 1.54) is 6.33 Å². The maximum atomic E-state index is 11.7. The van der Waals surface area contributed by atoms with Gasteiger partial charge in [0.1, 0.15) is 12.0 Å². The number of ketones is 1. The highest BCUT2D eigenvalue weighted by Gasteiger charge is 2.14. The van der Waals surface area contributed by atoms with Gasteiger partial charge in [0, 0.05) is 16.8 Å². The molecule has 0 bridgehead atoms. The van der Waals surface area contributed by atoms with E-state index in [0.29, 0.717) is 17.1 Å². The summed E-state index contributed by atoms with van der Waals surface area (Å²) in [7, 11) is 0. The third-order valence-electron chi connectivity index (χ3n) is 4.06. The fourth-order valence-electron chi connectivity index (χ4n) is 2.76. The van der Waals surface area contributed by atoms with Crippen molar-refractivity contribution in [3.63, 3.8) is 0 Å². The van der Waals surface area contributed by atoms with Gasteiger partial charge >= 0.3 is 0 Å². The molecular weight excluding hydrogens is 338 g/mol. The summed E-state index contributed by atoms with van der Waals surface area (Å²) in [4.78, 5) is 20.1. The predicted molar refractivity (Wildman–Crippen MR) is 110 cm³/mol. The van der Waals surface area contributed by atoms with Crippen molar-refractivity contribution in [2.24, 2.45) is 0 Å². The highest BCUT2D eigenvalue weighted by molar-refractivity contribution is 5.96. The second-order valence-corrected chi connectivity index (χ2v) is 5.99. The second-order valence-electron chi connectivity index (χ2n) is 5.99. The first-order chi connectivity index (χ1) is 13.0. The zero-order valence-corrected chi connectivity index (χ0v) is 16.0. The van der Waals surface area contributed by atoms with Crippen molar-refractivity contribution in [1.29, 1.82) is 0 Å². The highest BCUT2D eigenvalue weighted by Crippen LogP contribution is 2.32. The summed E-state index contributed by atoms with van der Waals surface area (Å²) in [6.07, 6.45) is 10.2. The minimum Gasteiger partial charge on any atom is -0.503 e. The molecule has 0 amide bonds. The Morgan fingerprint density at radius 2 is 2.07 bits per heavy atom. The first-order valence-corrected chi connectivity index (χ1v) is 8.96. The molecule has 140 valence electrons. The molecule has 0 aliphatic rings. The summed E-state index contributed by atoms with van der Waals surface area (Å²) >= 11 is 0. The highest BCUT2D eigenvalue weighted by atomic mass is 16.3. The van der Waals surface area contributed by atoms with Crippen molar-refractivity contribution in [3.8, 4) is 5.75 Å². The molecule has 27 heavy (non-hydrogen) atoms. The summed E-state index contributed by atoms with van der Waals surface area (Å²) in [5.74, 6) is 0.320. The van der Waals surface area contributed by atoms with Gasteiger partial charge in [-0.2, -0.15) is 0 Å². The number of hydrogen-bond acceptors (Lipinski definition) is 5. The van der Waals surface area contributed by atoms with Crippen molar-refractivity contribution >= 4 is 22.9 Å². The normalized spacial score (nSPS) is 11.6. The Morgan fingerprint density at radius 3 is 2.70 bits per heavy atom. The summed E-state index contributed by atoms with van der Waals surface area (Å²) in [6, 6.07) is 5.49. The third-order valence-corrected chi connectivity index (χ3v) is 4.06. The number of aromatic hydroxyl groups is 1. The van der Waals surface area contributed by atoms with E-state index in [0.717, 1.165) is 29.7 Å². The SMILES string of the molecule is C=C/C=C\C(=C/CC)c1ncnc(Nc2ccc(C(C)=O)c(CC)c2)c1O. The molecular formula is C22H25N3O2. The van der Waals surface area contributed by atoms with Gasteiger partial charge in [-0.3, -0.25) is 4.79 Å². The van der Waals surface area contributed by atoms with Gasteiger partial charge in [0.05, 0.1) is 0 Å². The Balaban J connectivity index is 2.41. The molecule has 0 saturated heterocycles. The lowest BCUT2D eigenvalue weighted by molar-refractivity contribution is 0.101. The first-order valence-electron chi connectivity index (χ1n) is 8.96. The van der Waals surface area contributed by atoms with Crippen LogP contribution in [-0.4, -0.2) is 20.9 Å². The van der Waals surface area contributed by atoms with Crippen LogP contribution in [0, 0.1) is 0 Å². The molecule has 2 rings (SSSR count). The average Bonchev–Trinajstić information content (AvgIpc) is 2.66. The molecule has 1 aromatic heterocycles. The number of hydrogen-bond donors (Lipinski definition) is 2. The van der Waals surface area contributed by atoms with Crippen LogP contribution in [0.1, 0.15) is 48.8 Å². The van der Waals surface area contributed by atoms with E-state index in [9.17, 15) is 9.90 Å². The Hall–Kier alpha value is -3.21. The van der Waals surface area contributed by atoms with Gasteiger partial charge in [0.15, 0.2) is 17.4 Å². The number of carbonyl (C=O) groups excluding carboxylic acids is 1. The fraction of sp³-hybridized carbons (Fsp3) is 0.227. The zero-order chi connectivity index (χ0) is 19.8. The summed E-state index contributed by atoms with van der Waals surface area (Å²) < 4.78 is 0. The number of carbonyl (C=O) groups is 1. The number of nitrogens with zero attached hydrogens (tertiary/aromatic N) is 2. The van der Waals surface area contributed by atoms with Gasteiger partial charge in [-0.1, -0.05) is 44.7 Å². The van der Waals surface area contributed by atoms with Crippen molar-refractivity contribution in [2.45, 2.75) is 33.6 Å². The van der Waals surface area contributed by atoms with Gasteiger partial charge in [-0.25, -0.2) is 9.97 Å². The summed E-state index contributed by atoms with van der Waals surface area (Å²) in [6.45, 7) is 9.25. The van der Waals surface area contributed by atoms with Gasteiger partial charge in [0.25, 0.3) is 0 Å². The minimum absolute atomic E-state index is 0.0281. The number of anilines is 2. The van der Waals surface area contributed by atoms with E-state index in [1.807, 2.05) is 32.1 Å². The Labute approximate surface area is 160 Å². The molecule has 0 unspecified atom stereocenters. The topological polar surface area (TPSA) is 75.1 Å². The van der Waals surface area contributed by atoms with Gasteiger partial charge in [-0.15, -0.1) is 0 Å². The van der Waals surface area contributed by atoms with E-state index in [2.05, 4.69) is 21.9 Å². The van der Waals surface area contributed by atoms with Crippen LogP contribution in [0.3, 0.4) is 0 Å². The first kappa shape index (κ1) is 20.1. The van der Waals surface area contributed by atoms with E-state index < -0.39 is 0 Å². The zero-order valence-electron chi connectivity index (χ0n) is 16.0. The minimum atomic E-state index is -0.0281. The lowest BCUT2D eigenvalue weighted by Gasteiger charge is -2.13. The Kier molecular flexibility index (Phi) is 7.06. The molecule has 2 N–H and O–H groups in total. The molecule has 0 aliphatic carbocycles. The molecule has 5 nitrogen and oxygen atoms in total. The molecule has 2 aromatic rings. The Morgan fingerprint density at radius 1 is 1.30 bits per heavy atom. The number of aryl methyl sites for hydroxylation is 1. The standard InChI is InChI=1S/C22H25N3O2/c1-5-8-10-17(9-6-2)20-21(27)22(24-14-23-20)25-18-11-12-19(15(4)26)16(7-3)13-18/h5,8-14,27H,1,6-7H2,2-4H3,(H,23,24,25)/b10-8-,17-9+. The number of allylic oxidation sites excluding steroid dienone is 5. The number of nitrogens with one attached hydrogen (secondary N) is 1. The van der Waals surface area contributed by atoms with E-state index in [-0.39, 0.29) is 11.5 Å². The molecule has 1 heterocycles. The fourth-order valence-corrected chi connectivity index (χ4v) is 2.76. The van der Waals surface area contributed by atoms with E-state index in [4.69, 9.17) is 0 Å². The molecule has 5 heteroatoms. The van der Waals surface area contributed by atoms with Gasteiger partial charge in [0.2, 0.25) is 0 Å². The van der Waals surface area contributed by atoms with Crippen LogP contribution in [0.2, 0.25) is 0 Å². The third kappa shape index (κ3) is 4.91. The van der Waals surface area contributed by atoms with Crippen molar-refractivity contribution in [2.75, 3.05) is 5.32 Å². The van der Waals surface area contributed by atoms with Crippen LogP contribution in [0.15, 0.2) is 55.4 Å². The predicted octanol–water partition coefficient (Wildman–Crippen LogP) is 5.23. The molecule has 0 radical (unpaired) electrons. The number of rotatable bonds is 8. The van der Waals surface area contributed by atoms with Crippen LogP contribution in [0.5, 0.6) is 5.75 Å². The van der Waals surface area contributed by atoms with Crippen LogP contribution in [0.4, 0.5) is 11.5 Å². The summed E-state index contributed by atoms with van der Waals surface area (Å²) in [5.41, 5.74) is 3.64. The van der Waals surface area contributed by atoms with Crippen LogP contribution >= 0.6 is 0 Å². The molecule has 0 aliphatic heterocycles. The van der Waals surface area contributed by atoms with Crippen molar-refractivity contribution in [1.82, 2.24) is 9.97 Å².